The lowest BCUT2D eigenvalue weighted by atomic mass is 10.1. The number of amides is 1. The van der Waals surface area contributed by atoms with Crippen LogP contribution in [0, 0.1) is 11.6 Å². The molecule has 0 saturated carbocycles. The van der Waals surface area contributed by atoms with E-state index in [0.29, 0.717) is 9.47 Å². The summed E-state index contributed by atoms with van der Waals surface area (Å²) < 4.78 is 27.4. The van der Waals surface area contributed by atoms with Crippen molar-refractivity contribution < 1.29 is 13.6 Å². The highest BCUT2D eigenvalue weighted by molar-refractivity contribution is 8.01. The fraction of sp³-hybridized carbons (Fsp3) is 0.167. The molecule has 0 spiro atoms. The molecule has 0 unspecified atom stereocenters. The van der Waals surface area contributed by atoms with Crippen molar-refractivity contribution in [3.8, 4) is 0 Å². The van der Waals surface area contributed by atoms with E-state index in [-0.39, 0.29) is 17.2 Å². The Morgan fingerprint density at radius 2 is 1.96 bits per heavy atom. The zero-order valence-electron chi connectivity index (χ0n) is 14.3. The molecule has 3 aromatic rings. The molecular weight excluding hydrogens is 390 g/mol. The Bertz CT molecular complexity index is 921. The number of rotatable bonds is 7. The lowest BCUT2D eigenvalue weighted by Crippen LogP contribution is -2.28. The number of benzene rings is 2. The van der Waals surface area contributed by atoms with Crippen LogP contribution in [0.3, 0.4) is 0 Å². The first-order valence-corrected chi connectivity index (χ1v) is 9.84. The second kappa shape index (κ2) is 8.92. The number of hydrogen-bond donors (Lipinski definition) is 2. The largest absolute Gasteiger partial charge is 0.349 e. The number of halogens is 2. The number of nitrogens with zero attached hydrogens (tertiary/aromatic N) is 2. The van der Waals surface area contributed by atoms with E-state index in [1.165, 1.54) is 35.2 Å². The van der Waals surface area contributed by atoms with E-state index in [1.807, 2.05) is 30.3 Å². The minimum atomic E-state index is -0.684. The quantitative estimate of drug-likeness (QED) is 0.565. The number of carbonyl (C=O) groups is 1. The van der Waals surface area contributed by atoms with Crippen LogP contribution in [-0.4, -0.2) is 21.9 Å². The van der Waals surface area contributed by atoms with Crippen LogP contribution < -0.4 is 10.6 Å². The van der Waals surface area contributed by atoms with Crippen LogP contribution in [-0.2, 0) is 4.79 Å². The van der Waals surface area contributed by atoms with Crippen LogP contribution in [0.1, 0.15) is 18.5 Å². The zero-order chi connectivity index (χ0) is 19.2. The van der Waals surface area contributed by atoms with Crippen molar-refractivity contribution >= 4 is 39.8 Å². The van der Waals surface area contributed by atoms with E-state index < -0.39 is 17.7 Å². The maximum atomic E-state index is 13.8. The predicted molar refractivity (Wildman–Crippen MR) is 103 cm³/mol. The number of carbonyl (C=O) groups excluding carboxylic acids is 1. The molecule has 0 bridgehead atoms. The molecular formula is C18H16F2N4OS2. The summed E-state index contributed by atoms with van der Waals surface area (Å²) in [7, 11) is 0. The SMILES string of the molecule is C[C@@H](NC(=O)CSc1nnc(Nc2ccccc2)s1)c1ccc(F)cc1F. The van der Waals surface area contributed by atoms with Gasteiger partial charge in [-0.15, -0.1) is 10.2 Å². The third kappa shape index (κ3) is 5.48. The van der Waals surface area contributed by atoms with Gasteiger partial charge in [-0.1, -0.05) is 47.4 Å². The van der Waals surface area contributed by atoms with Gasteiger partial charge >= 0.3 is 0 Å². The second-order valence-electron chi connectivity index (χ2n) is 5.61. The fourth-order valence-electron chi connectivity index (χ4n) is 2.30. The first kappa shape index (κ1) is 19.2. The van der Waals surface area contributed by atoms with Gasteiger partial charge in [-0.25, -0.2) is 8.78 Å². The normalized spacial score (nSPS) is 11.8. The van der Waals surface area contributed by atoms with E-state index in [0.717, 1.165) is 11.8 Å². The molecule has 0 saturated heterocycles. The van der Waals surface area contributed by atoms with E-state index in [1.54, 1.807) is 6.92 Å². The molecule has 9 heteroatoms. The monoisotopic (exact) mass is 406 g/mol. The Morgan fingerprint density at radius 1 is 1.19 bits per heavy atom. The molecule has 2 aromatic carbocycles. The summed E-state index contributed by atoms with van der Waals surface area (Å²) >= 11 is 2.58. The molecule has 27 heavy (non-hydrogen) atoms. The third-order valence-corrected chi connectivity index (χ3v) is 5.54. The number of nitrogens with one attached hydrogen (secondary N) is 2. The minimum Gasteiger partial charge on any atom is -0.349 e. The van der Waals surface area contributed by atoms with E-state index in [4.69, 9.17) is 0 Å². The number of thioether (sulfide) groups is 1. The lowest BCUT2D eigenvalue weighted by Gasteiger charge is -2.14. The van der Waals surface area contributed by atoms with Crippen LogP contribution in [0.25, 0.3) is 0 Å². The molecule has 1 aromatic heterocycles. The van der Waals surface area contributed by atoms with Gasteiger partial charge in [0.1, 0.15) is 11.6 Å². The van der Waals surface area contributed by atoms with Crippen molar-refractivity contribution in [3.63, 3.8) is 0 Å². The number of anilines is 2. The van der Waals surface area contributed by atoms with Crippen molar-refractivity contribution in [1.82, 2.24) is 15.5 Å². The molecule has 5 nitrogen and oxygen atoms in total. The van der Waals surface area contributed by atoms with Gasteiger partial charge in [0.2, 0.25) is 11.0 Å². The molecule has 2 N–H and O–H groups in total. The maximum Gasteiger partial charge on any atom is 0.230 e. The fourth-order valence-corrected chi connectivity index (χ4v) is 3.89. The highest BCUT2D eigenvalue weighted by Crippen LogP contribution is 2.27. The van der Waals surface area contributed by atoms with Gasteiger partial charge in [0.15, 0.2) is 4.34 Å². The molecule has 140 valence electrons. The summed E-state index contributed by atoms with van der Waals surface area (Å²) in [5, 5.41) is 14.5. The summed E-state index contributed by atoms with van der Waals surface area (Å²) in [5.41, 5.74) is 1.14. The van der Waals surface area contributed by atoms with Crippen molar-refractivity contribution in [2.75, 3.05) is 11.1 Å². The Hall–Kier alpha value is -2.52. The Morgan fingerprint density at radius 3 is 2.70 bits per heavy atom. The average molecular weight is 406 g/mol. The average Bonchev–Trinajstić information content (AvgIpc) is 3.08. The molecule has 3 rings (SSSR count). The first-order valence-electron chi connectivity index (χ1n) is 8.04. The summed E-state index contributed by atoms with van der Waals surface area (Å²) in [6, 6.07) is 12.3. The highest BCUT2D eigenvalue weighted by atomic mass is 32.2. The van der Waals surface area contributed by atoms with Gasteiger partial charge in [0.25, 0.3) is 0 Å². The zero-order valence-corrected chi connectivity index (χ0v) is 15.9. The van der Waals surface area contributed by atoms with Gasteiger partial charge < -0.3 is 10.6 Å². The Labute approximate surface area is 163 Å². The minimum absolute atomic E-state index is 0.118. The summed E-state index contributed by atoms with van der Waals surface area (Å²) in [5.74, 6) is -1.49. The van der Waals surface area contributed by atoms with Gasteiger partial charge in [0, 0.05) is 17.3 Å². The van der Waals surface area contributed by atoms with Crippen molar-refractivity contribution in [3.05, 3.63) is 65.7 Å². The van der Waals surface area contributed by atoms with Gasteiger partial charge in [0.05, 0.1) is 11.8 Å². The summed E-state index contributed by atoms with van der Waals surface area (Å²) in [6.07, 6.45) is 0. The maximum absolute atomic E-state index is 13.8. The van der Waals surface area contributed by atoms with Gasteiger partial charge in [-0.05, 0) is 25.1 Å². The predicted octanol–water partition coefficient (Wildman–Crippen LogP) is 4.53. The molecule has 0 fully saturated rings. The molecule has 0 aliphatic heterocycles. The van der Waals surface area contributed by atoms with Gasteiger partial charge in [-0.3, -0.25) is 4.79 Å². The lowest BCUT2D eigenvalue weighted by molar-refractivity contribution is -0.119. The van der Waals surface area contributed by atoms with Crippen LogP contribution in [0.2, 0.25) is 0 Å². The Kier molecular flexibility index (Phi) is 6.36. The van der Waals surface area contributed by atoms with E-state index in [9.17, 15) is 13.6 Å². The molecule has 0 aliphatic rings. The van der Waals surface area contributed by atoms with Crippen LogP contribution in [0.4, 0.5) is 19.6 Å². The summed E-state index contributed by atoms with van der Waals surface area (Å²) in [6.45, 7) is 1.64. The number of para-hydroxylation sites is 1. The third-order valence-electron chi connectivity index (χ3n) is 3.56. The van der Waals surface area contributed by atoms with Crippen LogP contribution in [0.15, 0.2) is 52.9 Å². The summed E-state index contributed by atoms with van der Waals surface area (Å²) in [4.78, 5) is 12.1. The van der Waals surface area contributed by atoms with Crippen LogP contribution in [0.5, 0.6) is 0 Å². The number of aromatic nitrogens is 2. The van der Waals surface area contributed by atoms with Gasteiger partial charge in [-0.2, -0.15) is 0 Å². The molecule has 1 amide bonds. The number of hydrogen-bond acceptors (Lipinski definition) is 6. The standard InChI is InChI=1S/C18H16F2N4OS2/c1-11(14-8-7-12(19)9-15(14)20)21-16(25)10-26-18-24-23-17(27-18)22-13-5-3-2-4-6-13/h2-9,11H,10H2,1H3,(H,21,25)(H,22,23)/t11-/m1/s1. The topological polar surface area (TPSA) is 66.9 Å². The van der Waals surface area contributed by atoms with Crippen molar-refractivity contribution in [2.45, 2.75) is 17.3 Å². The first-order chi connectivity index (χ1) is 13.0. The van der Waals surface area contributed by atoms with E-state index in [2.05, 4.69) is 20.8 Å². The smallest absolute Gasteiger partial charge is 0.230 e. The molecule has 0 radical (unpaired) electrons. The molecule has 1 heterocycles. The van der Waals surface area contributed by atoms with Crippen LogP contribution >= 0.6 is 23.1 Å². The second-order valence-corrected chi connectivity index (χ2v) is 7.81. The van der Waals surface area contributed by atoms with Crippen molar-refractivity contribution in [2.24, 2.45) is 0 Å². The van der Waals surface area contributed by atoms with Crippen molar-refractivity contribution in [1.29, 1.82) is 0 Å². The highest BCUT2D eigenvalue weighted by Gasteiger charge is 2.15. The Balaban J connectivity index is 1.50. The molecule has 1 atom stereocenters. The van der Waals surface area contributed by atoms with E-state index >= 15 is 0 Å². The molecule has 0 aliphatic carbocycles.